The minimum absolute atomic E-state index is 0.00327. The zero-order valence-electron chi connectivity index (χ0n) is 19.0. The summed E-state index contributed by atoms with van der Waals surface area (Å²) >= 11 is 7.59. The van der Waals surface area contributed by atoms with E-state index in [2.05, 4.69) is 14.6 Å². The third kappa shape index (κ3) is 4.86. The smallest absolute Gasteiger partial charge is 0.263 e. The number of rotatable bonds is 6. The molecule has 182 valence electrons. The highest BCUT2D eigenvalue weighted by molar-refractivity contribution is 7.93. The fourth-order valence-electron chi connectivity index (χ4n) is 4.43. The first-order valence-electron chi connectivity index (χ1n) is 11.1. The summed E-state index contributed by atoms with van der Waals surface area (Å²) in [5, 5.41) is 3.68. The maximum Gasteiger partial charge on any atom is 0.263 e. The molecule has 11 heteroatoms. The van der Waals surface area contributed by atoms with E-state index in [4.69, 9.17) is 11.6 Å². The van der Waals surface area contributed by atoms with Crippen LogP contribution in [0.2, 0.25) is 5.02 Å². The molecule has 1 N–H and O–H groups in total. The number of fused-ring (bicyclic) bond motifs is 1. The van der Waals surface area contributed by atoms with Gasteiger partial charge in [0.15, 0.2) is 5.13 Å². The molecule has 0 spiro atoms. The summed E-state index contributed by atoms with van der Waals surface area (Å²) in [7, 11) is -3.69. The highest BCUT2D eigenvalue weighted by Crippen LogP contribution is 2.26. The molecule has 3 heterocycles. The molecule has 1 amide bonds. The summed E-state index contributed by atoms with van der Waals surface area (Å²) in [6.45, 7) is 4.16. The zero-order valence-corrected chi connectivity index (χ0v) is 21.4. The van der Waals surface area contributed by atoms with Crippen molar-refractivity contribution in [2.75, 3.05) is 29.3 Å². The number of aromatic nitrogens is 2. The van der Waals surface area contributed by atoms with Crippen molar-refractivity contribution in [1.82, 2.24) is 14.5 Å². The lowest BCUT2D eigenvalue weighted by Crippen LogP contribution is -2.54. The van der Waals surface area contributed by atoms with Gasteiger partial charge < -0.3 is 14.4 Å². The van der Waals surface area contributed by atoms with E-state index in [1.807, 2.05) is 46.9 Å². The molecule has 1 aliphatic rings. The van der Waals surface area contributed by atoms with Gasteiger partial charge in [0, 0.05) is 54.5 Å². The number of anilines is 2. The molecule has 2 aromatic carbocycles. The molecular formula is C24H24ClN5O3S2. The van der Waals surface area contributed by atoms with E-state index >= 15 is 0 Å². The standard InChI is InChI=1S/C24H24ClN5O3S2/c1-17-15-28(19-5-7-20(8-6-19)35(32,33)27-24-26-10-14-34-24)12-13-30(17)22(31)16-29-11-9-18-3-2-4-21(25)23(18)29/h2-11,14,17H,12-13,15-16H2,1H3,(H,26,27). The first-order chi connectivity index (χ1) is 16.8. The molecule has 1 unspecified atom stereocenters. The number of hydrogen-bond acceptors (Lipinski definition) is 6. The third-order valence-corrected chi connectivity index (χ3v) is 8.64. The predicted octanol–water partition coefficient (Wildman–Crippen LogP) is 4.29. The number of para-hydroxylation sites is 1. The fourth-order valence-corrected chi connectivity index (χ4v) is 6.51. The van der Waals surface area contributed by atoms with E-state index in [1.165, 1.54) is 11.3 Å². The summed E-state index contributed by atoms with van der Waals surface area (Å²) in [5.74, 6) is 0.0456. The van der Waals surface area contributed by atoms with Crippen LogP contribution < -0.4 is 9.62 Å². The largest absolute Gasteiger partial charge is 0.368 e. The van der Waals surface area contributed by atoms with Crippen molar-refractivity contribution in [2.45, 2.75) is 24.4 Å². The first kappa shape index (κ1) is 23.7. The molecule has 2 aromatic heterocycles. The highest BCUT2D eigenvalue weighted by Gasteiger charge is 2.28. The van der Waals surface area contributed by atoms with Gasteiger partial charge >= 0.3 is 0 Å². The van der Waals surface area contributed by atoms with Gasteiger partial charge in [0.25, 0.3) is 10.0 Å². The summed E-state index contributed by atoms with van der Waals surface area (Å²) in [5.41, 5.74) is 1.79. The van der Waals surface area contributed by atoms with Crippen LogP contribution in [0.3, 0.4) is 0 Å². The third-order valence-electron chi connectivity index (χ3n) is 6.16. The fraction of sp³-hybridized carbons (Fsp3) is 0.250. The Morgan fingerprint density at radius 2 is 1.97 bits per heavy atom. The van der Waals surface area contributed by atoms with Gasteiger partial charge in [-0.25, -0.2) is 13.4 Å². The van der Waals surface area contributed by atoms with Crippen molar-refractivity contribution in [3.63, 3.8) is 0 Å². The van der Waals surface area contributed by atoms with Gasteiger partial charge in [0.05, 0.1) is 15.4 Å². The van der Waals surface area contributed by atoms with Gasteiger partial charge in [0.1, 0.15) is 6.54 Å². The zero-order chi connectivity index (χ0) is 24.6. The number of amides is 1. The number of carbonyl (C=O) groups is 1. The lowest BCUT2D eigenvalue weighted by atomic mass is 10.1. The Bertz CT molecular complexity index is 1450. The Kier molecular flexibility index (Phi) is 6.43. The Morgan fingerprint density at radius 1 is 1.17 bits per heavy atom. The molecule has 1 fully saturated rings. The second kappa shape index (κ2) is 9.52. The topological polar surface area (TPSA) is 87.5 Å². The van der Waals surface area contributed by atoms with E-state index < -0.39 is 10.0 Å². The number of piperazine rings is 1. The number of sulfonamides is 1. The minimum atomic E-state index is -3.69. The van der Waals surface area contributed by atoms with Gasteiger partial charge in [-0.3, -0.25) is 9.52 Å². The van der Waals surface area contributed by atoms with Gasteiger partial charge in [-0.2, -0.15) is 0 Å². The monoisotopic (exact) mass is 529 g/mol. The van der Waals surface area contributed by atoms with Crippen LogP contribution in [0.5, 0.6) is 0 Å². The maximum atomic E-state index is 13.1. The van der Waals surface area contributed by atoms with Gasteiger partial charge in [-0.05, 0) is 43.3 Å². The van der Waals surface area contributed by atoms with E-state index in [1.54, 1.807) is 35.8 Å². The lowest BCUT2D eigenvalue weighted by molar-refractivity contribution is -0.134. The molecule has 35 heavy (non-hydrogen) atoms. The molecule has 1 aliphatic heterocycles. The number of nitrogens with zero attached hydrogens (tertiary/aromatic N) is 4. The lowest BCUT2D eigenvalue weighted by Gasteiger charge is -2.41. The van der Waals surface area contributed by atoms with Gasteiger partial charge in [-0.1, -0.05) is 23.7 Å². The Labute approximate surface area is 212 Å². The number of thiazole rings is 1. The molecule has 0 radical (unpaired) electrons. The normalized spacial score (nSPS) is 16.6. The summed E-state index contributed by atoms with van der Waals surface area (Å²) in [6, 6.07) is 14.5. The molecule has 5 rings (SSSR count). The average Bonchev–Trinajstić information content (AvgIpc) is 3.49. The van der Waals surface area contributed by atoms with Crippen molar-refractivity contribution in [2.24, 2.45) is 0 Å². The van der Waals surface area contributed by atoms with E-state index in [-0.39, 0.29) is 23.4 Å². The number of halogens is 1. The quantitative estimate of drug-likeness (QED) is 0.402. The summed E-state index contributed by atoms with van der Waals surface area (Å²) in [6.07, 6.45) is 3.45. The van der Waals surface area contributed by atoms with Crippen LogP contribution in [-0.4, -0.2) is 54.5 Å². The highest BCUT2D eigenvalue weighted by atomic mass is 35.5. The number of carbonyl (C=O) groups excluding carboxylic acids is 1. The molecule has 8 nitrogen and oxygen atoms in total. The number of hydrogen-bond donors (Lipinski definition) is 1. The molecule has 0 bridgehead atoms. The van der Waals surface area contributed by atoms with Crippen LogP contribution in [-0.2, 0) is 21.4 Å². The van der Waals surface area contributed by atoms with Crippen molar-refractivity contribution >= 4 is 60.6 Å². The van der Waals surface area contributed by atoms with E-state index in [0.29, 0.717) is 29.8 Å². The van der Waals surface area contributed by atoms with E-state index in [0.717, 1.165) is 16.6 Å². The van der Waals surface area contributed by atoms with E-state index in [9.17, 15) is 13.2 Å². The first-order valence-corrected chi connectivity index (χ1v) is 13.9. The molecule has 0 saturated carbocycles. The van der Waals surface area contributed by atoms with Crippen LogP contribution in [0.15, 0.2) is 71.2 Å². The second-order valence-corrected chi connectivity index (χ2v) is 11.4. The maximum absolute atomic E-state index is 13.1. The Morgan fingerprint density at radius 3 is 2.69 bits per heavy atom. The molecule has 1 saturated heterocycles. The van der Waals surface area contributed by atoms with Gasteiger partial charge in [0.2, 0.25) is 5.91 Å². The summed E-state index contributed by atoms with van der Waals surface area (Å²) < 4.78 is 29.5. The van der Waals surface area contributed by atoms with Crippen molar-refractivity contribution in [1.29, 1.82) is 0 Å². The van der Waals surface area contributed by atoms with Crippen LogP contribution in [0.1, 0.15) is 6.92 Å². The SMILES string of the molecule is CC1CN(c2ccc(S(=O)(=O)Nc3nccs3)cc2)CCN1C(=O)Cn1ccc2cccc(Cl)c21. The predicted molar refractivity (Wildman–Crippen MR) is 140 cm³/mol. The Balaban J connectivity index is 1.23. The minimum Gasteiger partial charge on any atom is -0.368 e. The van der Waals surface area contributed by atoms with Crippen molar-refractivity contribution < 1.29 is 13.2 Å². The van der Waals surface area contributed by atoms with Gasteiger partial charge in [-0.15, -0.1) is 11.3 Å². The van der Waals surface area contributed by atoms with Crippen LogP contribution in [0.4, 0.5) is 10.8 Å². The molecule has 0 aliphatic carbocycles. The van der Waals surface area contributed by atoms with Crippen LogP contribution >= 0.6 is 22.9 Å². The van der Waals surface area contributed by atoms with Crippen LogP contribution in [0.25, 0.3) is 10.9 Å². The average molecular weight is 530 g/mol. The second-order valence-electron chi connectivity index (χ2n) is 8.44. The number of nitrogens with one attached hydrogen (secondary N) is 1. The van der Waals surface area contributed by atoms with Crippen LogP contribution in [0, 0.1) is 0 Å². The molecule has 4 aromatic rings. The number of benzene rings is 2. The Hall–Kier alpha value is -3.08. The summed E-state index contributed by atoms with van der Waals surface area (Å²) in [4.78, 5) is 21.3. The van der Waals surface area contributed by atoms with Crippen molar-refractivity contribution in [3.8, 4) is 0 Å². The molecular weight excluding hydrogens is 506 g/mol. The molecule has 1 atom stereocenters. The van der Waals surface area contributed by atoms with Crippen molar-refractivity contribution in [3.05, 3.63) is 71.3 Å².